The molecule has 4 nitrogen and oxygen atoms in total. The molecule has 0 atom stereocenters. The van der Waals surface area contributed by atoms with E-state index in [9.17, 15) is 4.79 Å². The molecule has 0 fully saturated rings. The molecule has 0 aromatic heterocycles. The fourth-order valence-electron chi connectivity index (χ4n) is 1.93. The van der Waals surface area contributed by atoms with Crippen LogP contribution in [0.2, 0.25) is 0 Å². The maximum atomic E-state index is 12.0. The predicted molar refractivity (Wildman–Crippen MR) is 95.1 cm³/mol. The number of carbonyl (C=O) groups excluding carboxylic acids is 1. The van der Waals surface area contributed by atoms with Crippen LogP contribution in [0.25, 0.3) is 0 Å². The Labute approximate surface area is 144 Å². The maximum absolute atomic E-state index is 12.0. The average Bonchev–Trinajstić information content (AvgIpc) is 2.52. The molecule has 2 aromatic carbocycles. The van der Waals surface area contributed by atoms with Gasteiger partial charge in [0, 0.05) is 16.2 Å². The number of nitrogens with one attached hydrogen (secondary N) is 1. The van der Waals surface area contributed by atoms with Crippen molar-refractivity contribution in [2.75, 3.05) is 18.5 Å². The number of hydrogen-bond acceptors (Lipinski definition) is 3. The highest BCUT2D eigenvalue weighted by atomic mass is 79.9. The molecule has 0 unspecified atom stereocenters. The molecule has 0 aliphatic carbocycles. The van der Waals surface area contributed by atoms with E-state index in [1.807, 2.05) is 37.3 Å². The zero-order valence-electron chi connectivity index (χ0n) is 12.8. The number of ether oxygens (including phenoxy) is 2. The number of amides is 1. The summed E-state index contributed by atoms with van der Waals surface area (Å²) in [5.74, 6) is 1.13. The Morgan fingerprint density at radius 2 is 2.09 bits per heavy atom. The lowest BCUT2D eigenvalue weighted by molar-refractivity contribution is -0.118. The van der Waals surface area contributed by atoms with Crippen LogP contribution in [0.1, 0.15) is 5.56 Å². The molecular weight excluding hydrogens is 358 g/mol. The first-order chi connectivity index (χ1) is 11.1. The van der Waals surface area contributed by atoms with Gasteiger partial charge in [0.2, 0.25) is 0 Å². The summed E-state index contributed by atoms with van der Waals surface area (Å²) in [6.45, 7) is 5.89. The van der Waals surface area contributed by atoms with Crippen LogP contribution in [-0.4, -0.2) is 19.1 Å². The van der Waals surface area contributed by atoms with Gasteiger partial charge in [-0.25, -0.2) is 0 Å². The van der Waals surface area contributed by atoms with Gasteiger partial charge in [-0.3, -0.25) is 4.79 Å². The van der Waals surface area contributed by atoms with Crippen LogP contribution < -0.4 is 14.8 Å². The summed E-state index contributed by atoms with van der Waals surface area (Å²) in [6, 6.07) is 12.8. The minimum Gasteiger partial charge on any atom is -0.489 e. The number of halogens is 1. The second kappa shape index (κ2) is 8.39. The molecule has 0 bridgehead atoms. The first kappa shape index (κ1) is 17.1. The third-order valence-electron chi connectivity index (χ3n) is 2.98. The maximum Gasteiger partial charge on any atom is 0.262 e. The standard InChI is InChI=1S/C18H18BrNO3/c1-3-9-22-16-6-4-5-15(11-16)20-18(21)12-23-17-8-7-14(19)10-13(17)2/h3-8,10-11H,1,9,12H2,2H3,(H,20,21). The van der Waals surface area contributed by atoms with E-state index >= 15 is 0 Å². The summed E-state index contributed by atoms with van der Waals surface area (Å²) >= 11 is 3.39. The van der Waals surface area contributed by atoms with Crippen molar-refractivity contribution in [3.63, 3.8) is 0 Å². The third-order valence-corrected chi connectivity index (χ3v) is 3.47. The minimum atomic E-state index is -0.229. The van der Waals surface area contributed by atoms with Crippen LogP contribution in [-0.2, 0) is 4.79 Å². The number of anilines is 1. The summed E-state index contributed by atoms with van der Waals surface area (Å²) in [5, 5.41) is 2.78. The van der Waals surface area contributed by atoms with Gasteiger partial charge in [-0.2, -0.15) is 0 Å². The highest BCUT2D eigenvalue weighted by Gasteiger charge is 2.06. The molecule has 1 amide bonds. The van der Waals surface area contributed by atoms with E-state index in [1.165, 1.54) is 0 Å². The Hall–Kier alpha value is -2.27. The van der Waals surface area contributed by atoms with Crippen molar-refractivity contribution in [3.05, 3.63) is 65.2 Å². The SMILES string of the molecule is C=CCOc1cccc(NC(=O)COc2ccc(Br)cc2C)c1. The summed E-state index contributed by atoms with van der Waals surface area (Å²) in [7, 11) is 0. The van der Waals surface area contributed by atoms with Crippen LogP contribution in [0.4, 0.5) is 5.69 Å². The first-order valence-electron chi connectivity index (χ1n) is 7.11. The smallest absolute Gasteiger partial charge is 0.262 e. The summed E-state index contributed by atoms with van der Waals surface area (Å²) < 4.78 is 11.9. The highest BCUT2D eigenvalue weighted by molar-refractivity contribution is 9.10. The highest BCUT2D eigenvalue weighted by Crippen LogP contribution is 2.22. The van der Waals surface area contributed by atoms with Crippen molar-refractivity contribution >= 4 is 27.5 Å². The Balaban J connectivity index is 1.90. The Morgan fingerprint density at radius 3 is 2.83 bits per heavy atom. The Bertz CT molecular complexity index is 700. The lowest BCUT2D eigenvalue weighted by Crippen LogP contribution is -2.20. The van der Waals surface area contributed by atoms with E-state index in [4.69, 9.17) is 9.47 Å². The molecule has 2 aromatic rings. The van der Waals surface area contributed by atoms with Gasteiger partial charge in [-0.05, 0) is 42.8 Å². The molecule has 0 heterocycles. The van der Waals surface area contributed by atoms with Crippen molar-refractivity contribution in [3.8, 4) is 11.5 Å². The van der Waals surface area contributed by atoms with Crippen LogP contribution >= 0.6 is 15.9 Å². The number of hydrogen-bond donors (Lipinski definition) is 1. The topological polar surface area (TPSA) is 47.6 Å². The summed E-state index contributed by atoms with van der Waals surface area (Å²) in [4.78, 5) is 12.0. The second-order valence-electron chi connectivity index (χ2n) is 4.87. The zero-order chi connectivity index (χ0) is 16.7. The second-order valence-corrected chi connectivity index (χ2v) is 5.79. The molecular formula is C18H18BrNO3. The minimum absolute atomic E-state index is 0.0553. The molecule has 0 radical (unpaired) electrons. The van der Waals surface area contributed by atoms with Crippen molar-refractivity contribution < 1.29 is 14.3 Å². The molecule has 0 spiro atoms. The summed E-state index contributed by atoms with van der Waals surface area (Å²) in [5.41, 5.74) is 1.62. The number of carbonyl (C=O) groups is 1. The van der Waals surface area contributed by atoms with Crippen molar-refractivity contribution in [1.29, 1.82) is 0 Å². The van der Waals surface area contributed by atoms with Crippen molar-refractivity contribution in [1.82, 2.24) is 0 Å². The van der Waals surface area contributed by atoms with Gasteiger partial charge < -0.3 is 14.8 Å². The Morgan fingerprint density at radius 1 is 1.26 bits per heavy atom. The number of benzene rings is 2. The lowest BCUT2D eigenvalue weighted by atomic mass is 10.2. The average molecular weight is 376 g/mol. The molecule has 23 heavy (non-hydrogen) atoms. The molecule has 5 heteroatoms. The summed E-state index contributed by atoms with van der Waals surface area (Å²) in [6.07, 6.45) is 1.67. The van der Waals surface area contributed by atoms with Gasteiger partial charge in [0.25, 0.3) is 5.91 Å². The predicted octanol–water partition coefficient (Wildman–Crippen LogP) is 4.34. The monoisotopic (exact) mass is 375 g/mol. The zero-order valence-corrected chi connectivity index (χ0v) is 14.4. The number of rotatable bonds is 7. The van der Waals surface area contributed by atoms with E-state index in [0.717, 1.165) is 10.0 Å². The van der Waals surface area contributed by atoms with E-state index in [-0.39, 0.29) is 12.5 Å². The van der Waals surface area contributed by atoms with E-state index in [0.29, 0.717) is 23.8 Å². The quantitative estimate of drug-likeness (QED) is 0.732. The van der Waals surface area contributed by atoms with Gasteiger partial charge >= 0.3 is 0 Å². The van der Waals surface area contributed by atoms with Gasteiger partial charge in [0.1, 0.15) is 18.1 Å². The van der Waals surface area contributed by atoms with Crippen molar-refractivity contribution in [2.24, 2.45) is 0 Å². The molecule has 0 aliphatic rings. The normalized spacial score (nSPS) is 10.0. The van der Waals surface area contributed by atoms with Gasteiger partial charge in [-0.15, -0.1) is 0 Å². The molecule has 1 N–H and O–H groups in total. The van der Waals surface area contributed by atoms with Crippen LogP contribution in [0.5, 0.6) is 11.5 Å². The molecule has 2 rings (SSSR count). The molecule has 0 saturated carbocycles. The number of aryl methyl sites for hydroxylation is 1. The first-order valence-corrected chi connectivity index (χ1v) is 7.90. The van der Waals surface area contributed by atoms with Crippen LogP contribution in [0.15, 0.2) is 59.6 Å². The largest absolute Gasteiger partial charge is 0.489 e. The van der Waals surface area contributed by atoms with Crippen molar-refractivity contribution in [2.45, 2.75) is 6.92 Å². The van der Waals surface area contributed by atoms with Gasteiger partial charge in [0.15, 0.2) is 6.61 Å². The molecule has 0 aliphatic heterocycles. The van der Waals surface area contributed by atoms with E-state index < -0.39 is 0 Å². The van der Waals surface area contributed by atoms with Crippen LogP contribution in [0.3, 0.4) is 0 Å². The lowest BCUT2D eigenvalue weighted by Gasteiger charge is -2.11. The molecule has 120 valence electrons. The van der Waals surface area contributed by atoms with E-state index in [1.54, 1.807) is 18.2 Å². The fraction of sp³-hybridized carbons (Fsp3) is 0.167. The van der Waals surface area contributed by atoms with Crippen LogP contribution in [0, 0.1) is 6.92 Å². The van der Waals surface area contributed by atoms with Gasteiger partial charge in [0.05, 0.1) is 0 Å². The molecule has 0 saturated heterocycles. The van der Waals surface area contributed by atoms with Gasteiger partial charge in [-0.1, -0.05) is 34.7 Å². The Kier molecular flexibility index (Phi) is 6.23. The fourth-order valence-corrected chi connectivity index (χ4v) is 2.41. The third kappa shape index (κ3) is 5.45. The van der Waals surface area contributed by atoms with E-state index in [2.05, 4.69) is 27.8 Å².